The van der Waals surface area contributed by atoms with Gasteiger partial charge in [0.15, 0.2) is 0 Å². The van der Waals surface area contributed by atoms with E-state index in [1.165, 1.54) is 0 Å². The molecule has 1 aliphatic heterocycles. The molecule has 1 amide bonds. The van der Waals surface area contributed by atoms with Gasteiger partial charge in [-0.05, 0) is 54.1 Å². The average Bonchev–Trinajstić information content (AvgIpc) is 2.82. The predicted octanol–water partition coefficient (Wildman–Crippen LogP) is 3.81. The average molecular weight is 451 g/mol. The number of carbonyl (C=O) groups is 1. The van der Waals surface area contributed by atoms with Crippen LogP contribution in [0.4, 0.5) is 5.82 Å². The van der Waals surface area contributed by atoms with Crippen LogP contribution in [0.1, 0.15) is 40.4 Å². The fourth-order valence-electron chi connectivity index (χ4n) is 3.73. The van der Waals surface area contributed by atoms with Crippen LogP contribution in [0.2, 0.25) is 5.02 Å². The zero-order chi connectivity index (χ0) is 22.5. The Balaban J connectivity index is 1.51. The maximum atomic E-state index is 12.9. The van der Waals surface area contributed by atoms with Crippen molar-refractivity contribution in [2.24, 2.45) is 0 Å². The van der Waals surface area contributed by atoms with E-state index in [1.54, 1.807) is 30.5 Å². The molecular weight excluding hydrogens is 428 g/mol. The van der Waals surface area contributed by atoms with Crippen LogP contribution in [-0.2, 0) is 4.74 Å². The maximum Gasteiger partial charge on any atom is 0.251 e. The number of aromatic nitrogens is 1. The molecule has 0 radical (unpaired) electrons. The molecule has 1 atom stereocenters. The van der Waals surface area contributed by atoms with Crippen LogP contribution < -0.4 is 10.6 Å². The van der Waals surface area contributed by atoms with Crippen LogP contribution in [0.3, 0.4) is 0 Å². The lowest BCUT2D eigenvalue weighted by atomic mass is 10.0. The molecule has 1 aromatic heterocycles. The lowest BCUT2D eigenvalue weighted by Gasteiger charge is -2.23. The van der Waals surface area contributed by atoms with E-state index < -0.39 is 6.04 Å². The summed E-state index contributed by atoms with van der Waals surface area (Å²) in [5.74, 6) is 0.449. The molecule has 3 aromatic rings. The van der Waals surface area contributed by atoms with E-state index in [2.05, 4.69) is 15.6 Å². The Bertz CT molecular complexity index is 1170. The number of benzene rings is 2. The van der Waals surface area contributed by atoms with E-state index in [1.807, 2.05) is 24.3 Å². The molecule has 0 aliphatic carbocycles. The summed E-state index contributed by atoms with van der Waals surface area (Å²) in [5, 5.41) is 27.2. The van der Waals surface area contributed by atoms with Gasteiger partial charge in [0.05, 0.1) is 23.2 Å². The number of ether oxygens (including phenoxy) is 1. The largest absolute Gasteiger partial charge is 0.394 e. The van der Waals surface area contributed by atoms with Gasteiger partial charge in [-0.1, -0.05) is 23.7 Å². The van der Waals surface area contributed by atoms with Crippen LogP contribution in [0.15, 0.2) is 48.7 Å². The number of hydrogen-bond donors (Lipinski definition) is 3. The molecule has 1 saturated heterocycles. The first-order valence-electron chi connectivity index (χ1n) is 10.4. The minimum absolute atomic E-state index is 0.278. The van der Waals surface area contributed by atoms with Gasteiger partial charge in [0.25, 0.3) is 5.91 Å². The molecule has 7 nitrogen and oxygen atoms in total. The Hall–Kier alpha value is -3.18. The third-order valence-corrected chi connectivity index (χ3v) is 5.87. The van der Waals surface area contributed by atoms with Crippen LogP contribution in [-0.4, -0.2) is 41.9 Å². The molecule has 3 N–H and O–H groups in total. The minimum Gasteiger partial charge on any atom is -0.394 e. The van der Waals surface area contributed by atoms with E-state index in [4.69, 9.17) is 21.6 Å². The van der Waals surface area contributed by atoms with E-state index >= 15 is 0 Å². The number of fused-ring (bicyclic) bond motifs is 1. The monoisotopic (exact) mass is 450 g/mol. The molecule has 2 heterocycles. The maximum absolute atomic E-state index is 12.9. The number of nitrogens with zero attached hydrogens (tertiary/aromatic N) is 2. The van der Waals surface area contributed by atoms with Gasteiger partial charge in [-0.15, -0.1) is 0 Å². The third-order valence-electron chi connectivity index (χ3n) is 5.56. The SMILES string of the molecule is N#Cc1ccc(C(CO)NC(=O)c2ccc3cnc(NC4CCOCC4)cc3c2)cc1Cl. The van der Waals surface area contributed by atoms with Crippen LogP contribution in [0.5, 0.6) is 0 Å². The van der Waals surface area contributed by atoms with E-state index in [9.17, 15) is 9.90 Å². The number of nitrogens with one attached hydrogen (secondary N) is 2. The topological polar surface area (TPSA) is 107 Å². The Kier molecular flexibility index (Phi) is 6.86. The lowest BCUT2D eigenvalue weighted by molar-refractivity contribution is 0.0903. The van der Waals surface area contributed by atoms with Crippen molar-refractivity contribution in [2.45, 2.75) is 24.9 Å². The molecule has 32 heavy (non-hydrogen) atoms. The van der Waals surface area contributed by atoms with Gasteiger partial charge in [-0.3, -0.25) is 4.79 Å². The van der Waals surface area contributed by atoms with Crippen LogP contribution in [0.25, 0.3) is 10.8 Å². The number of aliphatic hydroxyl groups is 1. The summed E-state index contributed by atoms with van der Waals surface area (Å²) < 4.78 is 5.40. The second kappa shape index (κ2) is 9.96. The van der Waals surface area contributed by atoms with Gasteiger partial charge in [0.1, 0.15) is 11.9 Å². The molecule has 0 bridgehead atoms. The van der Waals surface area contributed by atoms with Crippen molar-refractivity contribution >= 4 is 34.1 Å². The minimum atomic E-state index is -0.647. The molecule has 0 spiro atoms. The molecule has 1 aliphatic rings. The first kappa shape index (κ1) is 22.0. The summed E-state index contributed by atoms with van der Waals surface area (Å²) in [6.07, 6.45) is 3.65. The first-order chi connectivity index (χ1) is 15.6. The van der Waals surface area contributed by atoms with Crippen LogP contribution >= 0.6 is 11.6 Å². The second-order valence-electron chi connectivity index (χ2n) is 7.72. The number of hydrogen-bond acceptors (Lipinski definition) is 6. The van der Waals surface area contributed by atoms with E-state index in [0.29, 0.717) is 22.7 Å². The summed E-state index contributed by atoms with van der Waals surface area (Å²) in [5.41, 5.74) is 1.43. The van der Waals surface area contributed by atoms with Crippen molar-refractivity contribution in [3.05, 3.63) is 70.4 Å². The van der Waals surface area contributed by atoms with E-state index in [0.717, 1.165) is 42.6 Å². The molecular formula is C24H23ClN4O3. The molecule has 4 rings (SSSR count). The fraction of sp³-hybridized carbons (Fsp3) is 0.292. The second-order valence-corrected chi connectivity index (χ2v) is 8.13. The number of rotatable bonds is 6. The first-order valence-corrected chi connectivity index (χ1v) is 10.8. The highest BCUT2D eigenvalue weighted by molar-refractivity contribution is 6.31. The molecule has 2 aromatic carbocycles. The third kappa shape index (κ3) is 5.00. The molecule has 0 saturated carbocycles. The highest BCUT2D eigenvalue weighted by Crippen LogP contribution is 2.23. The summed E-state index contributed by atoms with van der Waals surface area (Å²) >= 11 is 6.10. The van der Waals surface area contributed by atoms with Crippen molar-refractivity contribution in [2.75, 3.05) is 25.1 Å². The number of nitriles is 1. The van der Waals surface area contributed by atoms with Gasteiger partial charge in [0, 0.05) is 36.4 Å². The van der Waals surface area contributed by atoms with Gasteiger partial charge in [0.2, 0.25) is 0 Å². The zero-order valence-corrected chi connectivity index (χ0v) is 18.1. The summed E-state index contributed by atoms with van der Waals surface area (Å²) in [7, 11) is 0. The van der Waals surface area contributed by atoms with Crippen molar-refractivity contribution in [3.63, 3.8) is 0 Å². The van der Waals surface area contributed by atoms with Gasteiger partial charge in [-0.25, -0.2) is 4.98 Å². The number of carbonyl (C=O) groups excluding carboxylic acids is 1. The summed E-state index contributed by atoms with van der Waals surface area (Å²) in [6.45, 7) is 1.18. The number of pyridine rings is 1. The highest BCUT2D eigenvalue weighted by Gasteiger charge is 2.17. The highest BCUT2D eigenvalue weighted by atomic mass is 35.5. The van der Waals surface area contributed by atoms with Crippen molar-refractivity contribution in [1.29, 1.82) is 5.26 Å². The van der Waals surface area contributed by atoms with Gasteiger partial charge < -0.3 is 20.5 Å². The normalized spacial score (nSPS) is 15.2. The van der Waals surface area contributed by atoms with Crippen LogP contribution in [0, 0.1) is 11.3 Å². The zero-order valence-electron chi connectivity index (χ0n) is 17.3. The Labute approximate surface area is 191 Å². The van der Waals surface area contributed by atoms with Crippen molar-refractivity contribution in [1.82, 2.24) is 10.3 Å². The molecule has 1 fully saturated rings. The Morgan fingerprint density at radius 1 is 1.22 bits per heavy atom. The number of anilines is 1. The van der Waals surface area contributed by atoms with E-state index in [-0.39, 0.29) is 17.5 Å². The summed E-state index contributed by atoms with van der Waals surface area (Å²) in [4.78, 5) is 17.4. The molecule has 8 heteroatoms. The molecule has 1 unspecified atom stereocenters. The standard InChI is InChI=1S/C24H23ClN4O3/c25-21-10-15(1-3-17(21)12-26)22(14-30)29-24(31)16-2-4-18-13-27-23(11-19(18)9-16)28-20-5-7-32-8-6-20/h1-4,9-11,13,20,22,30H,5-8,14H2,(H,27,28)(H,29,31). The van der Waals surface area contributed by atoms with Crippen molar-refractivity contribution < 1.29 is 14.6 Å². The smallest absolute Gasteiger partial charge is 0.251 e. The fourth-order valence-corrected chi connectivity index (χ4v) is 3.96. The summed E-state index contributed by atoms with van der Waals surface area (Å²) in [6, 6.07) is 13.8. The number of halogens is 1. The number of aliphatic hydroxyl groups excluding tert-OH is 1. The van der Waals surface area contributed by atoms with Gasteiger partial charge in [-0.2, -0.15) is 5.26 Å². The van der Waals surface area contributed by atoms with Crippen molar-refractivity contribution in [3.8, 4) is 6.07 Å². The quantitative estimate of drug-likeness (QED) is 0.527. The predicted molar refractivity (Wildman–Crippen MR) is 123 cm³/mol. The number of amides is 1. The molecule has 164 valence electrons. The Morgan fingerprint density at radius 3 is 2.75 bits per heavy atom. The van der Waals surface area contributed by atoms with Gasteiger partial charge >= 0.3 is 0 Å². The lowest BCUT2D eigenvalue weighted by Crippen LogP contribution is -2.30. The Morgan fingerprint density at radius 2 is 2.03 bits per heavy atom.